The van der Waals surface area contributed by atoms with E-state index in [1.807, 2.05) is 6.07 Å². The first kappa shape index (κ1) is 12.1. The summed E-state index contributed by atoms with van der Waals surface area (Å²) in [6.45, 7) is 1.92. The molecule has 0 amide bonds. The number of fused-ring (bicyclic) bond motifs is 1. The number of carbonyl (C=O) groups is 1. The molecule has 0 fully saturated rings. The number of ether oxygens (including phenoxy) is 1. The molecule has 17 heavy (non-hydrogen) atoms. The van der Waals surface area contributed by atoms with Gasteiger partial charge in [0.2, 0.25) is 0 Å². The van der Waals surface area contributed by atoms with Crippen molar-refractivity contribution >= 4 is 32.8 Å². The predicted octanol–water partition coefficient (Wildman–Crippen LogP) is 1.92. The van der Waals surface area contributed by atoms with Crippen molar-refractivity contribution in [3.63, 3.8) is 0 Å². The molecule has 6 heteroatoms. The van der Waals surface area contributed by atoms with Crippen molar-refractivity contribution in [2.75, 3.05) is 6.61 Å². The molecule has 1 aromatic carbocycles. The number of hydrogen-bond donors (Lipinski definition) is 2. The van der Waals surface area contributed by atoms with Gasteiger partial charge in [0.25, 0.3) is 0 Å². The Morgan fingerprint density at radius 1 is 1.65 bits per heavy atom. The normalized spacial score (nSPS) is 12.6. The molecule has 0 spiro atoms. The molecule has 0 aliphatic rings. The highest BCUT2D eigenvalue weighted by atomic mass is 79.9. The second-order valence-electron chi connectivity index (χ2n) is 3.44. The van der Waals surface area contributed by atoms with Crippen molar-refractivity contribution in [2.45, 2.75) is 13.0 Å². The number of para-hydroxylation sites is 1. The molecule has 1 unspecified atom stereocenters. The van der Waals surface area contributed by atoms with Crippen LogP contribution in [0.25, 0.3) is 10.9 Å². The summed E-state index contributed by atoms with van der Waals surface area (Å²) in [5, 5.41) is 17.5. The molecule has 2 rings (SSSR count). The molecule has 2 aromatic rings. The fraction of sp³-hybridized carbons (Fsp3) is 0.273. The van der Waals surface area contributed by atoms with Gasteiger partial charge in [-0.2, -0.15) is 5.10 Å². The lowest BCUT2D eigenvalue weighted by Crippen LogP contribution is -2.15. The summed E-state index contributed by atoms with van der Waals surface area (Å²) in [6, 6.07) is 5.24. The van der Waals surface area contributed by atoms with E-state index in [-0.39, 0.29) is 6.61 Å². The molecule has 5 nitrogen and oxygen atoms in total. The summed E-state index contributed by atoms with van der Waals surface area (Å²) in [6.07, 6.45) is -1.31. The molecular weight excluding hydrogens is 288 g/mol. The monoisotopic (exact) mass is 298 g/mol. The Balaban J connectivity index is 2.45. The quantitative estimate of drug-likeness (QED) is 0.849. The Morgan fingerprint density at radius 3 is 3.12 bits per heavy atom. The molecule has 1 heterocycles. The SMILES string of the molecule is CCOC(=O)C(O)c1cccc2c(Br)[nH]nc12. The third kappa shape index (κ3) is 2.18. The number of carbonyl (C=O) groups excluding carboxylic acids is 1. The number of nitrogens with one attached hydrogen (secondary N) is 1. The van der Waals surface area contributed by atoms with Crippen LogP contribution in [-0.2, 0) is 9.53 Å². The molecule has 2 N–H and O–H groups in total. The van der Waals surface area contributed by atoms with Crippen LogP contribution in [0.3, 0.4) is 0 Å². The smallest absolute Gasteiger partial charge is 0.339 e. The van der Waals surface area contributed by atoms with Crippen LogP contribution in [0, 0.1) is 0 Å². The molecule has 0 aliphatic heterocycles. The van der Waals surface area contributed by atoms with E-state index < -0.39 is 12.1 Å². The Hall–Kier alpha value is -1.40. The van der Waals surface area contributed by atoms with Crippen LogP contribution < -0.4 is 0 Å². The zero-order valence-corrected chi connectivity index (χ0v) is 10.7. The fourth-order valence-electron chi connectivity index (χ4n) is 1.60. The van der Waals surface area contributed by atoms with Gasteiger partial charge in [0, 0.05) is 10.9 Å². The van der Waals surface area contributed by atoms with Gasteiger partial charge in [-0.05, 0) is 22.9 Å². The molecule has 0 saturated carbocycles. The minimum Gasteiger partial charge on any atom is -0.464 e. The highest BCUT2D eigenvalue weighted by Crippen LogP contribution is 2.27. The highest BCUT2D eigenvalue weighted by molar-refractivity contribution is 9.10. The van der Waals surface area contributed by atoms with Crippen LogP contribution in [0.4, 0.5) is 0 Å². The van der Waals surface area contributed by atoms with Crippen LogP contribution in [0.15, 0.2) is 22.8 Å². The van der Waals surface area contributed by atoms with Gasteiger partial charge in [0.1, 0.15) is 4.60 Å². The number of rotatable bonds is 3. The zero-order valence-electron chi connectivity index (χ0n) is 9.11. The third-order valence-electron chi connectivity index (χ3n) is 2.37. The van der Waals surface area contributed by atoms with Crippen molar-refractivity contribution in [3.05, 3.63) is 28.4 Å². The Labute approximate surface area is 106 Å². The van der Waals surface area contributed by atoms with Gasteiger partial charge in [0.15, 0.2) is 6.10 Å². The largest absolute Gasteiger partial charge is 0.464 e. The van der Waals surface area contributed by atoms with Gasteiger partial charge in [-0.1, -0.05) is 18.2 Å². The Morgan fingerprint density at radius 2 is 2.41 bits per heavy atom. The van der Waals surface area contributed by atoms with Gasteiger partial charge >= 0.3 is 5.97 Å². The van der Waals surface area contributed by atoms with Crippen LogP contribution in [0.2, 0.25) is 0 Å². The number of nitrogens with zero attached hydrogens (tertiary/aromatic N) is 1. The van der Waals surface area contributed by atoms with Gasteiger partial charge in [-0.15, -0.1) is 0 Å². The minimum atomic E-state index is -1.31. The van der Waals surface area contributed by atoms with E-state index in [9.17, 15) is 9.90 Å². The average molecular weight is 299 g/mol. The Bertz CT molecular complexity index is 553. The van der Waals surface area contributed by atoms with Gasteiger partial charge in [0.05, 0.1) is 12.1 Å². The van der Waals surface area contributed by atoms with Crippen molar-refractivity contribution in [3.8, 4) is 0 Å². The number of H-pyrrole nitrogens is 1. The van der Waals surface area contributed by atoms with Crippen LogP contribution in [-0.4, -0.2) is 27.9 Å². The first-order valence-corrected chi connectivity index (χ1v) is 5.91. The van der Waals surface area contributed by atoms with Crippen molar-refractivity contribution in [1.82, 2.24) is 10.2 Å². The lowest BCUT2D eigenvalue weighted by Gasteiger charge is -2.10. The topological polar surface area (TPSA) is 75.2 Å². The minimum absolute atomic E-state index is 0.232. The van der Waals surface area contributed by atoms with Crippen LogP contribution in [0.1, 0.15) is 18.6 Å². The molecule has 90 valence electrons. The van der Waals surface area contributed by atoms with E-state index >= 15 is 0 Å². The van der Waals surface area contributed by atoms with E-state index in [1.165, 1.54) is 0 Å². The number of halogens is 1. The van der Waals surface area contributed by atoms with Gasteiger partial charge in [-0.25, -0.2) is 4.79 Å². The van der Waals surface area contributed by atoms with Crippen molar-refractivity contribution in [2.24, 2.45) is 0 Å². The summed E-state index contributed by atoms with van der Waals surface area (Å²) in [5.74, 6) is -0.667. The number of hydrogen-bond acceptors (Lipinski definition) is 4. The van der Waals surface area contributed by atoms with Crippen molar-refractivity contribution < 1.29 is 14.6 Å². The predicted molar refractivity (Wildman–Crippen MR) is 65.4 cm³/mol. The average Bonchev–Trinajstić information content (AvgIpc) is 2.71. The van der Waals surface area contributed by atoms with Gasteiger partial charge in [-0.3, -0.25) is 5.10 Å². The number of aliphatic hydroxyl groups is 1. The summed E-state index contributed by atoms with van der Waals surface area (Å²) in [5.41, 5.74) is 0.989. The summed E-state index contributed by atoms with van der Waals surface area (Å²) >= 11 is 3.30. The first-order valence-electron chi connectivity index (χ1n) is 5.12. The molecule has 0 bridgehead atoms. The van der Waals surface area contributed by atoms with E-state index in [1.54, 1.807) is 19.1 Å². The zero-order chi connectivity index (χ0) is 12.4. The van der Waals surface area contributed by atoms with Crippen molar-refractivity contribution in [1.29, 1.82) is 0 Å². The van der Waals surface area contributed by atoms with E-state index in [2.05, 4.69) is 26.1 Å². The Kier molecular flexibility index (Phi) is 3.44. The first-order chi connectivity index (χ1) is 8.15. The maximum absolute atomic E-state index is 11.5. The van der Waals surface area contributed by atoms with E-state index in [0.717, 1.165) is 5.39 Å². The van der Waals surface area contributed by atoms with Crippen LogP contribution >= 0.6 is 15.9 Å². The molecule has 0 radical (unpaired) electrons. The van der Waals surface area contributed by atoms with E-state index in [0.29, 0.717) is 15.7 Å². The fourth-order valence-corrected chi connectivity index (χ4v) is 2.01. The molecule has 0 saturated heterocycles. The summed E-state index contributed by atoms with van der Waals surface area (Å²) in [7, 11) is 0. The molecule has 1 atom stereocenters. The number of aromatic nitrogens is 2. The number of aliphatic hydroxyl groups excluding tert-OH is 1. The highest BCUT2D eigenvalue weighted by Gasteiger charge is 2.22. The second kappa shape index (κ2) is 4.85. The summed E-state index contributed by atoms with van der Waals surface area (Å²) < 4.78 is 5.49. The molecular formula is C11H11BrN2O3. The molecule has 1 aromatic heterocycles. The maximum Gasteiger partial charge on any atom is 0.339 e. The van der Waals surface area contributed by atoms with Gasteiger partial charge < -0.3 is 9.84 Å². The molecule has 0 aliphatic carbocycles. The number of aromatic amines is 1. The number of esters is 1. The lowest BCUT2D eigenvalue weighted by molar-refractivity contribution is -0.153. The van der Waals surface area contributed by atoms with Crippen LogP contribution in [0.5, 0.6) is 0 Å². The lowest BCUT2D eigenvalue weighted by atomic mass is 10.1. The second-order valence-corrected chi connectivity index (χ2v) is 4.23. The maximum atomic E-state index is 11.5. The third-order valence-corrected chi connectivity index (χ3v) is 2.98. The number of benzene rings is 1. The summed E-state index contributed by atoms with van der Waals surface area (Å²) in [4.78, 5) is 11.5. The van der Waals surface area contributed by atoms with E-state index in [4.69, 9.17) is 4.74 Å². The standard InChI is InChI=1S/C11H11BrN2O3/c1-2-17-11(16)9(15)6-4-3-5-7-8(6)13-14-10(7)12/h3-5,9,15H,2H2,1H3,(H,13,14).